The average Bonchev–Trinajstić information content (AvgIpc) is 2.20. The van der Waals surface area contributed by atoms with Gasteiger partial charge in [-0.25, -0.2) is 8.78 Å². The third-order valence-corrected chi connectivity index (χ3v) is 3.24. The summed E-state index contributed by atoms with van der Waals surface area (Å²) >= 11 is 1.15. The molecule has 0 heterocycles. The molecule has 0 fully saturated rings. The number of rotatable bonds is 6. The van der Waals surface area contributed by atoms with Gasteiger partial charge in [0.1, 0.15) is 11.6 Å². The van der Waals surface area contributed by atoms with Gasteiger partial charge in [-0.3, -0.25) is 0 Å². The van der Waals surface area contributed by atoms with Crippen molar-refractivity contribution >= 4 is 17.4 Å². The van der Waals surface area contributed by atoms with Crippen LogP contribution in [0.25, 0.3) is 0 Å². The lowest BCUT2D eigenvalue weighted by molar-refractivity contribution is 0.284. The van der Waals surface area contributed by atoms with Gasteiger partial charge in [0.15, 0.2) is 0 Å². The Morgan fingerprint density at radius 3 is 2.31 bits per heavy atom. The van der Waals surface area contributed by atoms with Crippen LogP contribution in [0.15, 0.2) is 17.0 Å². The molecule has 0 aliphatic rings. The maximum absolute atomic E-state index is 13.3. The third kappa shape index (κ3) is 3.98. The SMILES string of the molecule is Nc1cc(F)c(SCCCCCO)c(F)c1. The lowest BCUT2D eigenvalue weighted by Gasteiger charge is -2.05. The van der Waals surface area contributed by atoms with E-state index in [1.165, 1.54) is 0 Å². The van der Waals surface area contributed by atoms with E-state index in [0.717, 1.165) is 43.2 Å². The lowest BCUT2D eigenvalue weighted by atomic mass is 10.3. The maximum Gasteiger partial charge on any atom is 0.141 e. The number of halogens is 2. The molecule has 16 heavy (non-hydrogen) atoms. The normalized spacial score (nSPS) is 10.7. The molecule has 0 aromatic heterocycles. The van der Waals surface area contributed by atoms with Crippen LogP contribution >= 0.6 is 11.8 Å². The largest absolute Gasteiger partial charge is 0.399 e. The molecule has 0 unspecified atom stereocenters. The van der Waals surface area contributed by atoms with E-state index in [1.54, 1.807) is 0 Å². The molecule has 3 N–H and O–H groups in total. The van der Waals surface area contributed by atoms with Crippen molar-refractivity contribution in [3.05, 3.63) is 23.8 Å². The number of aliphatic hydroxyl groups is 1. The van der Waals surface area contributed by atoms with E-state index >= 15 is 0 Å². The molecule has 0 aliphatic heterocycles. The highest BCUT2D eigenvalue weighted by molar-refractivity contribution is 7.99. The zero-order chi connectivity index (χ0) is 12.0. The topological polar surface area (TPSA) is 46.2 Å². The van der Waals surface area contributed by atoms with Gasteiger partial charge in [-0.1, -0.05) is 6.42 Å². The van der Waals surface area contributed by atoms with Gasteiger partial charge in [0, 0.05) is 12.3 Å². The van der Waals surface area contributed by atoms with Crippen LogP contribution in [0.4, 0.5) is 14.5 Å². The van der Waals surface area contributed by atoms with Gasteiger partial charge in [0.2, 0.25) is 0 Å². The maximum atomic E-state index is 13.3. The second kappa shape index (κ2) is 6.70. The minimum Gasteiger partial charge on any atom is -0.399 e. The van der Waals surface area contributed by atoms with E-state index in [2.05, 4.69) is 0 Å². The van der Waals surface area contributed by atoms with Crippen molar-refractivity contribution in [3.8, 4) is 0 Å². The Morgan fingerprint density at radius 1 is 1.12 bits per heavy atom. The summed E-state index contributed by atoms with van der Waals surface area (Å²) in [7, 11) is 0. The van der Waals surface area contributed by atoms with Gasteiger partial charge >= 0.3 is 0 Å². The molecular weight excluding hydrogens is 232 g/mol. The number of aliphatic hydroxyl groups excluding tert-OH is 1. The van der Waals surface area contributed by atoms with E-state index in [0.29, 0.717) is 5.75 Å². The van der Waals surface area contributed by atoms with Crippen LogP contribution in [-0.4, -0.2) is 17.5 Å². The second-order valence-corrected chi connectivity index (χ2v) is 4.55. The number of hydrogen-bond donors (Lipinski definition) is 2. The number of unbranched alkanes of at least 4 members (excludes halogenated alkanes) is 2. The molecule has 0 atom stereocenters. The average molecular weight is 247 g/mol. The Labute approximate surface area is 97.8 Å². The van der Waals surface area contributed by atoms with Crippen molar-refractivity contribution in [1.29, 1.82) is 0 Å². The summed E-state index contributed by atoms with van der Waals surface area (Å²) in [6, 6.07) is 2.25. The number of nitrogen functional groups attached to an aromatic ring is 1. The molecule has 0 amide bonds. The van der Waals surface area contributed by atoms with E-state index in [4.69, 9.17) is 10.8 Å². The molecule has 0 saturated heterocycles. The van der Waals surface area contributed by atoms with Crippen LogP contribution < -0.4 is 5.73 Å². The van der Waals surface area contributed by atoms with Gasteiger partial charge in [-0.05, 0) is 30.7 Å². The lowest BCUT2D eigenvalue weighted by Crippen LogP contribution is -1.94. The van der Waals surface area contributed by atoms with E-state index in [9.17, 15) is 8.78 Å². The standard InChI is InChI=1S/C11H15F2NOS/c12-9-6-8(14)7-10(13)11(9)16-5-3-1-2-4-15/h6-7,15H,1-5,14H2. The second-order valence-electron chi connectivity index (χ2n) is 3.45. The van der Waals surface area contributed by atoms with E-state index < -0.39 is 11.6 Å². The molecule has 0 saturated carbocycles. The Balaban J connectivity index is 2.47. The van der Waals surface area contributed by atoms with Crippen LogP contribution in [0.1, 0.15) is 19.3 Å². The first-order chi connectivity index (χ1) is 7.65. The highest BCUT2D eigenvalue weighted by Gasteiger charge is 2.10. The number of thioether (sulfide) groups is 1. The van der Waals surface area contributed by atoms with Crippen molar-refractivity contribution in [2.24, 2.45) is 0 Å². The van der Waals surface area contributed by atoms with Crippen molar-refractivity contribution in [2.75, 3.05) is 18.1 Å². The van der Waals surface area contributed by atoms with Crippen LogP contribution in [0.2, 0.25) is 0 Å². The summed E-state index contributed by atoms with van der Waals surface area (Å²) in [4.78, 5) is 0.0261. The third-order valence-electron chi connectivity index (χ3n) is 2.07. The molecule has 90 valence electrons. The summed E-state index contributed by atoms with van der Waals surface area (Å²) in [5.74, 6) is -0.577. The van der Waals surface area contributed by atoms with Crippen LogP contribution in [0.3, 0.4) is 0 Å². The molecule has 0 aliphatic carbocycles. The Morgan fingerprint density at radius 2 is 1.75 bits per heavy atom. The van der Waals surface area contributed by atoms with Gasteiger partial charge in [-0.15, -0.1) is 11.8 Å². The Hall–Kier alpha value is -0.810. The molecule has 0 radical (unpaired) electrons. The predicted molar refractivity (Wildman–Crippen MR) is 62.4 cm³/mol. The highest BCUT2D eigenvalue weighted by atomic mass is 32.2. The van der Waals surface area contributed by atoms with E-state index in [1.807, 2.05) is 0 Å². The fourth-order valence-corrected chi connectivity index (χ4v) is 2.23. The Bertz CT molecular complexity index is 324. The van der Waals surface area contributed by atoms with Crippen LogP contribution in [0.5, 0.6) is 0 Å². The molecular formula is C11H15F2NOS. The fraction of sp³-hybridized carbons (Fsp3) is 0.455. The van der Waals surface area contributed by atoms with Gasteiger partial charge in [0.25, 0.3) is 0 Å². The molecule has 1 aromatic rings. The smallest absolute Gasteiger partial charge is 0.141 e. The van der Waals surface area contributed by atoms with Crippen LogP contribution in [-0.2, 0) is 0 Å². The molecule has 1 rings (SSSR count). The summed E-state index contributed by atoms with van der Waals surface area (Å²) in [6.45, 7) is 0.162. The molecule has 2 nitrogen and oxygen atoms in total. The number of benzene rings is 1. The first kappa shape index (κ1) is 13.3. The monoisotopic (exact) mass is 247 g/mol. The number of hydrogen-bond acceptors (Lipinski definition) is 3. The minimum absolute atomic E-state index is 0.0261. The highest BCUT2D eigenvalue weighted by Crippen LogP contribution is 2.27. The van der Waals surface area contributed by atoms with Crippen molar-refractivity contribution in [1.82, 2.24) is 0 Å². The van der Waals surface area contributed by atoms with Crippen LogP contribution in [0, 0.1) is 11.6 Å². The van der Waals surface area contributed by atoms with Gasteiger partial charge in [0.05, 0.1) is 4.90 Å². The molecule has 5 heteroatoms. The molecule has 1 aromatic carbocycles. The fourth-order valence-electron chi connectivity index (χ4n) is 1.28. The zero-order valence-electron chi connectivity index (χ0n) is 8.88. The minimum atomic E-state index is -0.607. The molecule has 0 spiro atoms. The van der Waals surface area contributed by atoms with Crippen molar-refractivity contribution in [2.45, 2.75) is 24.2 Å². The number of anilines is 1. The summed E-state index contributed by atoms with van der Waals surface area (Å²) in [5.41, 5.74) is 5.40. The first-order valence-electron chi connectivity index (χ1n) is 5.13. The zero-order valence-corrected chi connectivity index (χ0v) is 9.70. The quantitative estimate of drug-likeness (QED) is 0.461. The summed E-state index contributed by atoms with van der Waals surface area (Å²) in [5, 5.41) is 8.56. The van der Waals surface area contributed by atoms with Gasteiger partial charge in [-0.2, -0.15) is 0 Å². The summed E-state index contributed by atoms with van der Waals surface area (Å²) < 4.78 is 26.6. The number of nitrogens with two attached hydrogens (primary N) is 1. The van der Waals surface area contributed by atoms with E-state index in [-0.39, 0.29) is 17.2 Å². The van der Waals surface area contributed by atoms with Crippen molar-refractivity contribution in [3.63, 3.8) is 0 Å². The van der Waals surface area contributed by atoms with Gasteiger partial charge < -0.3 is 10.8 Å². The predicted octanol–water partition coefficient (Wildman–Crippen LogP) is 2.80. The summed E-state index contributed by atoms with van der Waals surface area (Å²) in [6.07, 6.45) is 2.42. The van der Waals surface area contributed by atoms with Crippen molar-refractivity contribution < 1.29 is 13.9 Å². The first-order valence-corrected chi connectivity index (χ1v) is 6.12. The molecule has 0 bridgehead atoms. The Kier molecular flexibility index (Phi) is 5.55.